The average molecular weight is 545 g/mol. The van der Waals surface area contributed by atoms with E-state index in [4.69, 9.17) is 11.6 Å². The number of carbonyl (C=O) groups is 3. The van der Waals surface area contributed by atoms with Gasteiger partial charge in [-0.3, -0.25) is 14.5 Å². The fourth-order valence-corrected chi connectivity index (χ4v) is 4.95. The highest BCUT2D eigenvalue weighted by atomic mass is 35.5. The van der Waals surface area contributed by atoms with Crippen LogP contribution in [0.1, 0.15) is 45.2 Å². The lowest BCUT2D eigenvalue weighted by molar-refractivity contribution is -0.152. The Hall–Kier alpha value is -4.43. The highest BCUT2D eigenvalue weighted by Gasteiger charge is 2.44. The van der Waals surface area contributed by atoms with Crippen LogP contribution in [0.3, 0.4) is 0 Å². The highest BCUT2D eigenvalue weighted by molar-refractivity contribution is 6.30. The number of carboxylic acids is 1. The Balaban J connectivity index is 1.32. The summed E-state index contributed by atoms with van der Waals surface area (Å²) >= 11 is 5.93. The van der Waals surface area contributed by atoms with E-state index in [2.05, 4.69) is 5.18 Å². The number of carbonyl (C=O) groups excluding carboxylic acids is 2. The summed E-state index contributed by atoms with van der Waals surface area (Å²) in [6.45, 7) is -0.466. The first kappa shape index (κ1) is 26.2. The molecule has 0 saturated heterocycles. The smallest absolute Gasteiger partial charge is 0.341 e. The molecule has 7 nitrogen and oxygen atoms in total. The van der Waals surface area contributed by atoms with Gasteiger partial charge in [0.25, 0.3) is 11.8 Å². The lowest BCUT2D eigenvalue weighted by atomic mass is 9.89. The van der Waals surface area contributed by atoms with E-state index in [0.29, 0.717) is 10.6 Å². The minimum Gasteiger partial charge on any atom is -0.479 e. The van der Waals surface area contributed by atoms with Gasteiger partial charge < -0.3 is 5.11 Å². The standard InChI is InChI=1S/C30H22ClFN2O5/c31-23-11-9-19(10-12-23)18-5-7-20(8-6-18)26(33-39)17-30(32,29(37)38)13-14-34-27(35)24-15-21-3-1-2-4-22(21)16-25(24)28(34)36/h1-12,15-16,26H,13-14,17H2,(H,37,38). The molecule has 5 rings (SSSR count). The predicted molar refractivity (Wildman–Crippen MR) is 145 cm³/mol. The molecule has 39 heavy (non-hydrogen) atoms. The van der Waals surface area contributed by atoms with Gasteiger partial charge in [-0.2, -0.15) is 4.91 Å². The van der Waals surface area contributed by atoms with Gasteiger partial charge in [0, 0.05) is 24.4 Å². The third kappa shape index (κ3) is 5.03. The van der Waals surface area contributed by atoms with Gasteiger partial charge >= 0.3 is 5.97 Å². The Morgan fingerprint density at radius 3 is 1.90 bits per heavy atom. The number of carboxylic acid groups (broad SMARTS) is 1. The van der Waals surface area contributed by atoms with Crippen LogP contribution in [0.2, 0.25) is 5.02 Å². The quantitative estimate of drug-likeness (QED) is 0.183. The van der Waals surface area contributed by atoms with Crippen LogP contribution in [-0.2, 0) is 4.79 Å². The molecule has 196 valence electrons. The molecule has 2 atom stereocenters. The zero-order valence-corrected chi connectivity index (χ0v) is 21.3. The van der Waals surface area contributed by atoms with Gasteiger partial charge in [0.15, 0.2) is 0 Å². The summed E-state index contributed by atoms with van der Waals surface area (Å²) in [6, 6.07) is 22.9. The largest absolute Gasteiger partial charge is 0.479 e. The summed E-state index contributed by atoms with van der Waals surface area (Å²) in [6.07, 6.45) is -1.44. The molecule has 2 amide bonds. The molecule has 0 aliphatic carbocycles. The number of hydrogen-bond donors (Lipinski definition) is 1. The van der Waals surface area contributed by atoms with Gasteiger partial charge in [-0.15, -0.1) is 0 Å². The Morgan fingerprint density at radius 2 is 1.41 bits per heavy atom. The van der Waals surface area contributed by atoms with Gasteiger partial charge in [-0.05, 0) is 51.7 Å². The summed E-state index contributed by atoms with van der Waals surface area (Å²) in [5, 5.41) is 14.8. The van der Waals surface area contributed by atoms with Gasteiger partial charge in [0.05, 0.1) is 11.1 Å². The molecule has 0 spiro atoms. The van der Waals surface area contributed by atoms with E-state index in [1.807, 2.05) is 24.3 Å². The van der Waals surface area contributed by atoms with Crippen molar-refractivity contribution < 1.29 is 23.9 Å². The highest BCUT2D eigenvalue weighted by Crippen LogP contribution is 2.35. The predicted octanol–water partition coefficient (Wildman–Crippen LogP) is 6.84. The number of hydrogen-bond acceptors (Lipinski definition) is 5. The van der Waals surface area contributed by atoms with Crippen LogP contribution in [0.5, 0.6) is 0 Å². The third-order valence-corrected chi connectivity index (χ3v) is 7.32. The van der Waals surface area contributed by atoms with Crippen LogP contribution >= 0.6 is 11.6 Å². The second-order valence-electron chi connectivity index (χ2n) is 9.48. The molecule has 2 unspecified atom stereocenters. The van der Waals surface area contributed by atoms with Crippen molar-refractivity contribution in [3.8, 4) is 11.1 Å². The lowest BCUT2D eigenvalue weighted by Gasteiger charge is -2.25. The molecule has 9 heteroatoms. The number of nitroso groups, excluding NO2 is 1. The van der Waals surface area contributed by atoms with E-state index in [9.17, 15) is 24.4 Å². The Bertz CT molecular complexity index is 1550. The van der Waals surface area contributed by atoms with Crippen molar-refractivity contribution in [3.05, 3.63) is 112 Å². The fraction of sp³-hybridized carbons (Fsp3) is 0.167. The summed E-state index contributed by atoms with van der Waals surface area (Å²) < 4.78 is 15.8. The van der Waals surface area contributed by atoms with Crippen LogP contribution in [0.4, 0.5) is 4.39 Å². The van der Waals surface area contributed by atoms with E-state index in [-0.39, 0.29) is 11.1 Å². The molecule has 0 saturated carbocycles. The van der Waals surface area contributed by atoms with Gasteiger partial charge in [-0.25, -0.2) is 9.18 Å². The van der Waals surface area contributed by atoms with Crippen LogP contribution < -0.4 is 0 Å². The first-order chi connectivity index (χ1) is 18.7. The lowest BCUT2D eigenvalue weighted by Crippen LogP contribution is -2.41. The van der Waals surface area contributed by atoms with Crippen LogP contribution in [0.25, 0.3) is 21.9 Å². The van der Waals surface area contributed by atoms with E-state index < -0.39 is 48.9 Å². The Labute approximate surface area is 227 Å². The monoisotopic (exact) mass is 544 g/mol. The van der Waals surface area contributed by atoms with Crippen molar-refractivity contribution in [2.45, 2.75) is 24.6 Å². The number of imide groups is 1. The molecule has 0 fully saturated rings. The molecule has 4 aromatic rings. The third-order valence-electron chi connectivity index (χ3n) is 7.07. The Kier molecular flexibility index (Phi) is 6.97. The number of aliphatic carboxylic acids is 1. The molecule has 1 heterocycles. The molecular weight excluding hydrogens is 523 g/mol. The maximum Gasteiger partial charge on any atom is 0.341 e. The summed E-state index contributed by atoms with van der Waals surface area (Å²) in [4.78, 5) is 50.5. The van der Waals surface area contributed by atoms with E-state index in [1.165, 1.54) is 0 Å². The first-order valence-electron chi connectivity index (χ1n) is 12.2. The van der Waals surface area contributed by atoms with Gasteiger partial charge in [0.1, 0.15) is 6.04 Å². The minimum absolute atomic E-state index is 0.187. The summed E-state index contributed by atoms with van der Waals surface area (Å²) in [5.41, 5.74) is -0.492. The van der Waals surface area contributed by atoms with Crippen molar-refractivity contribution in [1.82, 2.24) is 4.90 Å². The molecule has 1 aliphatic heterocycles. The van der Waals surface area contributed by atoms with Crippen molar-refractivity contribution in [2.75, 3.05) is 6.54 Å². The van der Waals surface area contributed by atoms with Crippen molar-refractivity contribution in [1.29, 1.82) is 0 Å². The fourth-order valence-electron chi connectivity index (χ4n) is 4.83. The molecule has 0 bridgehead atoms. The van der Waals surface area contributed by atoms with Gasteiger partial charge in [-0.1, -0.05) is 77.4 Å². The number of fused-ring (bicyclic) bond motifs is 2. The molecule has 0 radical (unpaired) electrons. The molecule has 1 aliphatic rings. The average Bonchev–Trinajstić information content (AvgIpc) is 3.18. The first-order valence-corrected chi connectivity index (χ1v) is 12.6. The minimum atomic E-state index is -2.91. The second-order valence-corrected chi connectivity index (χ2v) is 9.92. The number of alkyl halides is 1. The molecular formula is C30H22ClFN2O5. The molecule has 0 aromatic heterocycles. The van der Waals surface area contributed by atoms with E-state index in [0.717, 1.165) is 26.8 Å². The van der Waals surface area contributed by atoms with Gasteiger partial charge in [0.2, 0.25) is 5.67 Å². The second kappa shape index (κ2) is 10.4. The maximum absolute atomic E-state index is 15.8. The number of amides is 2. The van der Waals surface area contributed by atoms with E-state index >= 15 is 4.39 Å². The molecule has 1 N–H and O–H groups in total. The number of benzene rings is 4. The molecule has 4 aromatic carbocycles. The Morgan fingerprint density at radius 1 is 0.897 bits per heavy atom. The normalized spacial score (nSPS) is 15.2. The zero-order chi connectivity index (χ0) is 27.7. The maximum atomic E-state index is 15.8. The van der Waals surface area contributed by atoms with Crippen LogP contribution in [-0.4, -0.2) is 40.0 Å². The number of halogens is 2. The number of rotatable bonds is 9. The SMILES string of the molecule is O=NC(CC(F)(CCN1C(=O)c2cc3ccccc3cc2C1=O)C(=O)O)c1ccc(-c2ccc(Cl)cc2)cc1. The van der Waals surface area contributed by atoms with Crippen molar-refractivity contribution >= 4 is 40.2 Å². The zero-order valence-electron chi connectivity index (χ0n) is 20.5. The van der Waals surface area contributed by atoms with Crippen LogP contribution in [0, 0.1) is 4.91 Å². The summed E-state index contributed by atoms with van der Waals surface area (Å²) in [5.74, 6) is -3.02. The summed E-state index contributed by atoms with van der Waals surface area (Å²) in [7, 11) is 0. The van der Waals surface area contributed by atoms with Crippen LogP contribution in [0.15, 0.2) is 90.1 Å². The number of nitrogens with zero attached hydrogens (tertiary/aromatic N) is 2. The van der Waals surface area contributed by atoms with Crippen molar-refractivity contribution in [2.24, 2.45) is 5.18 Å². The van der Waals surface area contributed by atoms with E-state index in [1.54, 1.807) is 60.7 Å². The topological polar surface area (TPSA) is 104 Å². The van der Waals surface area contributed by atoms with Crippen molar-refractivity contribution in [3.63, 3.8) is 0 Å².